The lowest BCUT2D eigenvalue weighted by atomic mass is 9.81. The molecule has 3 atom stereocenters. The van der Waals surface area contributed by atoms with E-state index in [0.29, 0.717) is 17.7 Å². The van der Waals surface area contributed by atoms with Gasteiger partial charge in [0.05, 0.1) is 12.0 Å². The Kier molecular flexibility index (Phi) is 9.73. The molecule has 0 fully saturated rings. The molecule has 0 saturated carbocycles. The number of ketones is 1. The number of rotatable bonds is 11. The van der Waals surface area contributed by atoms with E-state index in [0.717, 1.165) is 18.8 Å². The van der Waals surface area contributed by atoms with E-state index in [4.69, 9.17) is 17.4 Å². The first-order valence-corrected chi connectivity index (χ1v) is 10.3. The van der Waals surface area contributed by atoms with Crippen molar-refractivity contribution in [2.75, 3.05) is 6.61 Å². The first-order chi connectivity index (χ1) is 12.1. The molecule has 26 heavy (non-hydrogen) atoms. The van der Waals surface area contributed by atoms with Crippen LogP contribution < -0.4 is 10.1 Å². The average molecular weight is 380 g/mol. The zero-order chi connectivity index (χ0) is 19.9. The summed E-state index contributed by atoms with van der Waals surface area (Å²) in [7, 11) is 0. The number of Topliss-reactive ketones (excluding diaryl/α,β-unsaturated/α-hetero) is 1. The number of hydrogen-bond donors (Lipinski definition) is 2. The average Bonchev–Trinajstić information content (AvgIpc) is 2.56. The number of ether oxygens (including phenoxy) is 1. The van der Waals surface area contributed by atoms with Crippen LogP contribution in [0.15, 0.2) is 24.3 Å². The highest BCUT2D eigenvalue weighted by Gasteiger charge is 2.30. The van der Waals surface area contributed by atoms with Crippen LogP contribution in [0.2, 0.25) is 0 Å². The zero-order valence-electron chi connectivity index (χ0n) is 17.5. The fourth-order valence-corrected chi connectivity index (χ4v) is 3.68. The van der Waals surface area contributed by atoms with Crippen molar-refractivity contribution >= 4 is 18.4 Å². The van der Waals surface area contributed by atoms with Crippen molar-refractivity contribution in [2.45, 2.75) is 66.3 Å². The highest BCUT2D eigenvalue weighted by molar-refractivity contribution is 7.80. The van der Waals surface area contributed by atoms with E-state index in [1.54, 1.807) is 0 Å². The minimum Gasteiger partial charge on any atom is -0.493 e. The van der Waals surface area contributed by atoms with Crippen molar-refractivity contribution < 1.29 is 9.53 Å². The van der Waals surface area contributed by atoms with Crippen molar-refractivity contribution in [1.29, 1.82) is 0 Å². The Hall–Kier alpha value is -1.00. The van der Waals surface area contributed by atoms with E-state index in [1.807, 2.05) is 32.9 Å². The van der Waals surface area contributed by atoms with Crippen LogP contribution in [0, 0.1) is 23.7 Å². The van der Waals surface area contributed by atoms with Gasteiger partial charge in [-0.05, 0) is 49.8 Å². The van der Waals surface area contributed by atoms with Crippen LogP contribution >= 0.6 is 12.6 Å². The standard InChI is InChI=1S/C22H37NO2S/c1-14(2)13-25-19-10-8-18(9-11-19)12-20(22(26)23-16(5)6)17(7)21(24)15(3)4/h8-11,14-17,20,22-23,26H,12-13H2,1-7H3. The molecule has 0 aromatic heterocycles. The third kappa shape index (κ3) is 7.71. The molecule has 0 heterocycles. The molecule has 0 aliphatic rings. The molecule has 148 valence electrons. The predicted octanol–water partition coefficient (Wildman–Crippen LogP) is 5.00. The predicted molar refractivity (Wildman–Crippen MR) is 114 cm³/mol. The third-order valence-electron chi connectivity index (χ3n) is 4.55. The summed E-state index contributed by atoms with van der Waals surface area (Å²) in [4.78, 5) is 12.6. The molecule has 0 amide bonds. The Morgan fingerprint density at radius 3 is 2.08 bits per heavy atom. The quantitative estimate of drug-likeness (QED) is 0.420. The lowest BCUT2D eigenvalue weighted by molar-refractivity contribution is -0.127. The van der Waals surface area contributed by atoms with Gasteiger partial charge in [0.25, 0.3) is 0 Å². The van der Waals surface area contributed by atoms with E-state index >= 15 is 0 Å². The summed E-state index contributed by atoms with van der Waals surface area (Å²) in [6.45, 7) is 15.2. The Bertz CT molecular complexity index is 540. The van der Waals surface area contributed by atoms with Crippen LogP contribution in [0.4, 0.5) is 0 Å². The molecular weight excluding hydrogens is 342 g/mol. The van der Waals surface area contributed by atoms with Crippen LogP contribution in [-0.2, 0) is 11.2 Å². The topological polar surface area (TPSA) is 38.3 Å². The summed E-state index contributed by atoms with van der Waals surface area (Å²) < 4.78 is 5.76. The second kappa shape index (κ2) is 11.0. The molecule has 3 unspecified atom stereocenters. The maximum absolute atomic E-state index is 12.6. The van der Waals surface area contributed by atoms with Crippen molar-refractivity contribution in [3.63, 3.8) is 0 Å². The van der Waals surface area contributed by atoms with Gasteiger partial charge < -0.3 is 10.1 Å². The smallest absolute Gasteiger partial charge is 0.138 e. The van der Waals surface area contributed by atoms with E-state index in [1.165, 1.54) is 5.56 Å². The first kappa shape index (κ1) is 23.0. The van der Waals surface area contributed by atoms with E-state index in [9.17, 15) is 4.79 Å². The molecule has 1 rings (SSSR count). The number of thiol groups is 1. The summed E-state index contributed by atoms with van der Waals surface area (Å²) in [5, 5.41) is 3.45. The third-order valence-corrected chi connectivity index (χ3v) is 5.08. The molecule has 3 nitrogen and oxygen atoms in total. The second-order valence-electron chi connectivity index (χ2n) is 8.33. The number of hydrogen-bond acceptors (Lipinski definition) is 4. The van der Waals surface area contributed by atoms with Gasteiger partial charge in [-0.15, -0.1) is 0 Å². The van der Waals surface area contributed by atoms with Crippen LogP contribution in [-0.4, -0.2) is 23.8 Å². The molecule has 0 aliphatic heterocycles. The maximum Gasteiger partial charge on any atom is 0.138 e. The van der Waals surface area contributed by atoms with Gasteiger partial charge >= 0.3 is 0 Å². The molecule has 0 spiro atoms. The molecular formula is C22H37NO2S. The van der Waals surface area contributed by atoms with Crippen LogP contribution in [0.25, 0.3) is 0 Å². The monoisotopic (exact) mass is 379 g/mol. The summed E-state index contributed by atoms with van der Waals surface area (Å²) in [5.74, 6) is 1.84. The van der Waals surface area contributed by atoms with E-state index in [-0.39, 0.29) is 23.1 Å². The lowest BCUT2D eigenvalue weighted by Crippen LogP contribution is -2.42. The summed E-state index contributed by atoms with van der Waals surface area (Å²) in [6.07, 6.45) is 0.817. The van der Waals surface area contributed by atoms with Crippen LogP contribution in [0.3, 0.4) is 0 Å². The lowest BCUT2D eigenvalue weighted by Gasteiger charge is -2.31. The highest BCUT2D eigenvalue weighted by Crippen LogP contribution is 2.27. The zero-order valence-corrected chi connectivity index (χ0v) is 18.3. The maximum atomic E-state index is 12.6. The molecule has 1 aromatic carbocycles. The van der Waals surface area contributed by atoms with E-state index in [2.05, 4.69) is 45.1 Å². The fraction of sp³-hybridized carbons (Fsp3) is 0.682. The summed E-state index contributed by atoms with van der Waals surface area (Å²) in [5.41, 5.74) is 1.21. The number of carbonyl (C=O) groups excluding carboxylic acids is 1. The van der Waals surface area contributed by atoms with Gasteiger partial charge in [-0.25, -0.2) is 0 Å². The molecule has 4 heteroatoms. The Labute approximate surface area is 165 Å². The van der Waals surface area contributed by atoms with Crippen LogP contribution in [0.1, 0.15) is 54.0 Å². The number of carbonyl (C=O) groups is 1. The van der Waals surface area contributed by atoms with E-state index < -0.39 is 0 Å². The molecule has 0 saturated heterocycles. The summed E-state index contributed by atoms with van der Waals surface area (Å²) >= 11 is 4.79. The highest BCUT2D eigenvalue weighted by atomic mass is 32.1. The molecule has 0 radical (unpaired) electrons. The Morgan fingerprint density at radius 2 is 1.62 bits per heavy atom. The minimum absolute atomic E-state index is 0.0235. The van der Waals surface area contributed by atoms with Crippen molar-refractivity contribution in [3.05, 3.63) is 29.8 Å². The summed E-state index contributed by atoms with van der Waals surface area (Å²) in [6, 6.07) is 8.57. The van der Waals surface area contributed by atoms with Gasteiger partial charge in [0, 0.05) is 17.9 Å². The largest absolute Gasteiger partial charge is 0.493 e. The first-order valence-electron chi connectivity index (χ1n) is 9.81. The minimum atomic E-state index is -0.0411. The SMILES string of the molecule is CC(C)COc1ccc(CC(C(S)NC(C)C)C(C)C(=O)C(C)C)cc1. The van der Waals surface area contributed by atoms with Crippen molar-refractivity contribution in [2.24, 2.45) is 23.7 Å². The van der Waals surface area contributed by atoms with Gasteiger partial charge in [0.15, 0.2) is 0 Å². The van der Waals surface area contributed by atoms with Gasteiger partial charge in [-0.1, -0.05) is 46.8 Å². The Balaban J connectivity index is 2.88. The van der Waals surface area contributed by atoms with Gasteiger partial charge in [0.2, 0.25) is 0 Å². The number of benzene rings is 1. The Morgan fingerprint density at radius 1 is 1.04 bits per heavy atom. The van der Waals surface area contributed by atoms with Gasteiger partial charge in [-0.2, -0.15) is 12.6 Å². The molecule has 1 aromatic rings. The van der Waals surface area contributed by atoms with Crippen LogP contribution in [0.5, 0.6) is 5.75 Å². The normalized spacial score (nSPS) is 15.3. The molecule has 0 bridgehead atoms. The second-order valence-corrected chi connectivity index (χ2v) is 8.89. The molecule has 1 N–H and O–H groups in total. The van der Waals surface area contributed by atoms with Crippen molar-refractivity contribution in [3.8, 4) is 5.75 Å². The van der Waals surface area contributed by atoms with Gasteiger partial charge in [0.1, 0.15) is 11.5 Å². The molecule has 0 aliphatic carbocycles. The fourth-order valence-electron chi connectivity index (χ4n) is 3.02. The van der Waals surface area contributed by atoms with Crippen molar-refractivity contribution in [1.82, 2.24) is 5.32 Å². The number of nitrogens with one attached hydrogen (secondary N) is 1. The van der Waals surface area contributed by atoms with Gasteiger partial charge in [-0.3, -0.25) is 4.79 Å².